The second kappa shape index (κ2) is 6.33. The predicted octanol–water partition coefficient (Wildman–Crippen LogP) is 3.41. The summed E-state index contributed by atoms with van der Waals surface area (Å²) in [6.07, 6.45) is 3.97. The molecule has 0 amide bonds. The summed E-state index contributed by atoms with van der Waals surface area (Å²) in [4.78, 5) is 7.35. The van der Waals surface area contributed by atoms with E-state index in [1.165, 1.54) is 36.5 Å². The Bertz CT molecular complexity index is 394. The Balaban J connectivity index is 1.87. The minimum atomic E-state index is 0.161. The molecule has 3 nitrogen and oxygen atoms in total. The molecule has 1 fully saturated rings. The smallest absolute Gasteiger partial charge is 0.107 e. The number of hydrogen-bond acceptors (Lipinski definition) is 4. The summed E-state index contributed by atoms with van der Waals surface area (Å²) in [7, 11) is 0. The van der Waals surface area contributed by atoms with Crippen molar-refractivity contribution in [2.24, 2.45) is 0 Å². The molecule has 2 rings (SSSR count). The van der Waals surface area contributed by atoms with E-state index in [4.69, 9.17) is 4.98 Å². The van der Waals surface area contributed by atoms with Gasteiger partial charge in [0, 0.05) is 30.1 Å². The van der Waals surface area contributed by atoms with Gasteiger partial charge in [-0.15, -0.1) is 11.3 Å². The minimum Gasteiger partial charge on any atom is -0.306 e. The lowest BCUT2D eigenvalue weighted by Crippen LogP contribution is -2.35. The fourth-order valence-electron chi connectivity index (χ4n) is 2.62. The Morgan fingerprint density at radius 3 is 2.95 bits per heavy atom. The van der Waals surface area contributed by atoms with Crippen LogP contribution in [0.2, 0.25) is 0 Å². The normalized spacial score (nSPS) is 21.2. The van der Waals surface area contributed by atoms with Crippen LogP contribution in [0.3, 0.4) is 0 Å². The van der Waals surface area contributed by atoms with Gasteiger partial charge in [0.2, 0.25) is 0 Å². The Hall–Kier alpha value is -0.450. The molecule has 0 saturated carbocycles. The molecule has 4 heteroatoms. The fraction of sp³-hybridized carbons (Fsp3) is 0.800. The van der Waals surface area contributed by atoms with Crippen molar-refractivity contribution in [2.75, 3.05) is 6.54 Å². The van der Waals surface area contributed by atoms with Crippen molar-refractivity contribution in [3.05, 3.63) is 16.1 Å². The van der Waals surface area contributed by atoms with Crippen molar-refractivity contribution in [3.8, 4) is 0 Å². The van der Waals surface area contributed by atoms with Crippen LogP contribution in [0.1, 0.15) is 57.7 Å². The first kappa shape index (κ1) is 14.9. The standard InChI is InChI=1S/C15H27N3S/c1-5-13-7-6-8-18(13)10-12-11-19-14(17-12)9-16-15(2,3)4/h11,13,16H,5-10H2,1-4H3. The van der Waals surface area contributed by atoms with Gasteiger partial charge in [0.1, 0.15) is 5.01 Å². The van der Waals surface area contributed by atoms with Gasteiger partial charge in [-0.1, -0.05) is 6.92 Å². The van der Waals surface area contributed by atoms with E-state index in [-0.39, 0.29) is 5.54 Å². The number of aromatic nitrogens is 1. The van der Waals surface area contributed by atoms with Gasteiger partial charge in [-0.3, -0.25) is 4.90 Å². The minimum absolute atomic E-state index is 0.161. The van der Waals surface area contributed by atoms with Crippen molar-refractivity contribution in [1.82, 2.24) is 15.2 Å². The van der Waals surface area contributed by atoms with Gasteiger partial charge >= 0.3 is 0 Å². The van der Waals surface area contributed by atoms with E-state index >= 15 is 0 Å². The summed E-state index contributed by atoms with van der Waals surface area (Å²) in [6.45, 7) is 12.0. The van der Waals surface area contributed by atoms with Crippen LogP contribution in [0.15, 0.2) is 5.38 Å². The molecule has 0 radical (unpaired) electrons. The third kappa shape index (κ3) is 4.55. The van der Waals surface area contributed by atoms with E-state index < -0.39 is 0 Å². The maximum absolute atomic E-state index is 4.76. The van der Waals surface area contributed by atoms with Crippen LogP contribution in [-0.4, -0.2) is 28.0 Å². The van der Waals surface area contributed by atoms with Gasteiger partial charge in [-0.2, -0.15) is 0 Å². The summed E-state index contributed by atoms with van der Waals surface area (Å²) in [6, 6.07) is 0.776. The molecule has 1 unspecified atom stereocenters. The van der Waals surface area contributed by atoms with Gasteiger partial charge in [0.05, 0.1) is 5.69 Å². The number of nitrogens with zero attached hydrogens (tertiary/aromatic N) is 2. The number of hydrogen-bond donors (Lipinski definition) is 1. The maximum atomic E-state index is 4.76. The van der Waals surface area contributed by atoms with E-state index in [1.54, 1.807) is 11.3 Å². The largest absolute Gasteiger partial charge is 0.306 e. The molecule has 2 heterocycles. The SMILES string of the molecule is CCC1CCCN1Cc1csc(CNC(C)(C)C)n1. The second-order valence-corrected chi connectivity index (χ2v) is 7.45. The van der Waals surface area contributed by atoms with Crippen molar-refractivity contribution >= 4 is 11.3 Å². The summed E-state index contributed by atoms with van der Waals surface area (Å²) in [5, 5.41) is 6.93. The Kier molecular flexibility index (Phi) is 4.98. The van der Waals surface area contributed by atoms with Crippen molar-refractivity contribution in [1.29, 1.82) is 0 Å². The first-order valence-corrected chi connectivity index (χ1v) is 8.28. The van der Waals surface area contributed by atoms with Gasteiger partial charge < -0.3 is 5.32 Å². The van der Waals surface area contributed by atoms with E-state index in [9.17, 15) is 0 Å². The molecule has 0 aromatic carbocycles. The van der Waals surface area contributed by atoms with Crippen LogP contribution in [0.25, 0.3) is 0 Å². The lowest BCUT2D eigenvalue weighted by Gasteiger charge is -2.22. The first-order chi connectivity index (χ1) is 8.98. The average Bonchev–Trinajstić information content (AvgIpc) is 2.95. The van der Waals surface area contributed by atoms with Crippen LogP contribution in [0, 0.1) is 0 Å². The molecule has 1 aromatic heterocycles. The van der Waals surface area contributed by atoms with E-state index in [0.717, 1.165) is 19.1 Å². The van der Waals surface area contributed by atoms with E-state index in [1.807, 2.05) is 0 Å². The molecule has 19 heavy (non-hydrogen) atoms. The van der Waals surface area contributed by atoms with Crippen molar-refractivity contribution < 1.29 is 0 Å². The Morgan fingerprint density at radius 2 is 2.26 bits per heavy atom. The number of nitrogens with one attached hydrogen (secondary N) is 1. The summed E-state index contributed by atoms with van der Waals surface area (Å²) in [5.74, 6) is 0. The van der Waals surface area contributed by atoms with Gasteiger partial charge in [0.25, 0.3) is 0 Å². The second-order valence-electron chi connectivity index (χ2n) is 6.51. The lowest BCUT2D eigenvalue weighted by molar-refractivity contribution is 0.237. The molecule has 1 atom stereocenters. The molecule has 1 aromatic rings. The molecule has 0 spiro atoms. The molecule has 1 N–H and O–H groups in total. The fourth-order valence-corrected chi connectivity index (χ4v) is 3.34. The molecule has 1 saturated heterocycles. The van der Waals surface area contributed by atoms with Crippen molar-refractivity contribution in [3.63, 3.8) is 0 Å². The van der Waals surface area contributed by atoms with Crippen LogP contribution in [0.5, 0.6) is 0 Å². The monoisotopic (exact) mass is 281 g/mol. The predicted molar refractivity (Wildman–Crippen MR) is 82.4 cm³/mol. The average molecular weight is 281 g/mol. The highest BCUT2D eigenvalue weighted by Crippen LogP contribution is 2.22. The third-order valence-corrected chi connectivity index (χ3v) is 4.60. The topological polar surface area (TPSA) is 28.2 Å². The van der Waals surface area contributed by atoms with Gasteiger partial charge in [-0.25, -0.2) is 4.98 Å². The molecule has 1 aliphatic heterocycles. The molecule has 0 bridgehead atoms. The molecule has 108 valence electrons. The molecular formula is C15H27N3S. The number of thiazole rings is 1. The quantitative estimate of drug-likeness (QED) is 0.896. The molecule has 0 aliphatic carbocycles. The van der Waals surface area contributed by atoms with E-state index in [2.05, 4.69) is 43.3 Å². The van der Waals surface area contributed by atoms with Crippen LogP contribution >= 0.6 is 11.3 Å². The Morgan fingerprint density at radius 1 is 1.47 bits per heavy atom. The van der Waals surface area contributed by atoms with Crippen molar-refractivity contribution in [2.45, 2.75) is 71.6 Å². The lowest BCUT2D eigenvalue weighted by atomic mass is 10.1. The van der Waals surface area contributed by atoms with Crippen LogP contribution in [0.4, 0.5) is 0 Å². The molecule has 1 aliphatic rings. The zero-order valence-electron chi connectivity index (χ0n) is 12.7. The Labute approximate surface area is 121 Å². The highest BCUT2D eigenvalue weighted by atomic mass is 32.1. The zero-order chi connectivity index (χ0) is 13.9. The van der Waals surface area contributed by atoms with Gasteiger partial charge in [-0.05, 0) is 46.6 Å². The number of rotatable bonds is 5. The summed E-state index contributed by atoms with van der Waals surface area (Å²) < 4.78 is 0. The van der Waals surface area contributed by atoms with Crippen LogP contribution < -0.4 is 5.32 Å². The first-order valence-electron chi connectivity index (χ1n) is 7.40. The molecular weight excluding hydrogens is 254 g/mol. The summed E-state index contributed by atoms with van der Waals surface area (Å²) in [5.41, 5.74) is 1.41. The highest BCUT2D eigenvalue weighted by Gasteiger charge is 2.23. The van der Waals surface area contributed by atoms with E-state index in [0.29, 0.717) is 0 Å². The van der Waals surface area contributed by atoms with Crippen LogP contribution in [-0.2, 0) is 13.1 Å². The van der Waals surface area contributed by atoms with Gasteiger partial charge in [0.15, 0.2) is 0 Å². The maximum Gasteiger partial charge on any atom is 0.107 e. The summed E-state index contributed by atoms with van der Waals surface area (Å²) >= 11 is 1.78. The number of likely N-dealkylation sites (tertiary alicyclic amines) is 1. The zero-order valence-corrected chi connectivity index (χ0v) is 13.5. The third-order valence-electron chi connectivity index (χ3n) is 3.70. The highest BCUT2D eigenvalue weighted by molar-refractivity contribution is 7.09.